The summed E-state index contributed by atoms with van der Waals surface area (Å²) in [6, 6.07) is 10.3. The van der Waals surface area contributed by atoms with Crippen LogP contribution in [0.4, 0.5) is 5.95 Å². The smallest absolute Gasteiger partial charge is 0.224 e. The number of anilines is 1. The number of aromatic nitrogens is 2. The molecule has 5 nitrogen and oxygen atoms in total. The molecule has 0 aliphatic rings. The number of nitrogens with zero attached hydrogens (tertiary/aromatic N) is 3. The van der Waals surface area contributed by atoms with Gasteiger partial charge in [-0.3, -0.25) is 0 Å². The van der Waals surface area contributed by atoms with Crippen LogP contribution >= 0.6 is 0 Å². The molecule has 5 heteroatoms. The van der Waals surface area contributed by atoms with E-state index in [4.69, 9.17) is 15.7 Å². The minimum atomic E-state index is 0.158. The van der Waals surface area contributed by atoms with Crippen LogP contribution in [0, 0.1) is 11.3 Å². The van der Waals surface area contributed by atoms with E-state index < -0.39 is 0 Å². The number of rotatable bonds is 2. The average Bonchev–Trinajstić information content (AvgIpc) is 2.30. The summed E-state index contributed by atoms with van der Waals surface area (Å²) in [6.07, 6.45) is 1.52. The molecule has 2 N–H and O–H groups in total. The van der Waals surface area contributed by atoms with E-state index in [1.165, 1.54) is 6.20 Å². The summed E-state index contributed by atoms with van der Waals surface area (Å²) in [5.74, 6) is 1.13. The molecule has 78 valence electrons. The molecule has 2 rings (SSSR count). The molecule has 0 amide bonds. The fraction of sp³-hybridized carbons (Fsp3) is 0. The van der Waals surface area contributed by atoms with Crippen molar-refractivity contribution in [2.24, 2.45) is 0 Å². The zero-order chi connectivity index (χ0) is 11.4. The lowest BCUT2D eigenvalue weighted by Crippen LogP contribution is -1.95. The number of hydrogen-bond acceptors (Lipinski definition) is 5. The van der Waals surface area contributed by atoms with Crippen molar-refractivity contribution in [3.63, 3.8) is 0 Å². The van der Waals surface area contributed by atoms with Crippen molar-refractivity contribution in [2.75, 3.05) is 5.73 Å². The van der Waals surface area contributed by atoms with E-state index in [1.807, 2.05) is 6.07 Å². The van der Waals surface area contributed by atoms with Crippen LogP contribution in [0.2, 0.25) is 0 Å². The Labute approximate surface area is 92.1 Å². The number of hydrogen-bond donors (Lipinski definition) is 1. The van der Waals surface area contributed by atoms with Crippen molar-refractivity contribution >= 4 is 5.95 Å². The van der Waals surface area contributed by atoms with Crippen molar-refractivity contribution in [1.29, 1.82) is 5.26 Å². The van der Waals surface area contributed by atoms with Crippen LogP contribution < -0.4 is 10.5 Å². The van der Waals surface area contributed by atoms with Gasteiger partial charge in [0, 0.05) is 12.3 Å². The highest BCUT2D eigenvalue weighted by molar-refractivity contribution is 5.36. The first kappa shape index (κ1) is 9.93. The number of nitriles is 1. The Hall–Kier alpha value is -2.61. The van der Waals surface area contributed by atoms with Crippen LogP contribution in [0.1, 0.15) is 5.56 Å². The van der Waals surface area contributed by atoms with Gasteiger partial charge in [0.25, 0.3) is 0 Å². The highest BCUT2D eigenvalue weighted by atomic mass is 16.5. The number of benzene rings is 1. The lowest BCUT2D eigenvalue weighted by Gasteiger charge is -2.04. The maximum atomic E-state index is 8.63. The third kappa shape index (κ3) is 2.25. The third-order valence-corrected chi connectivity index (χ3v) is 1.85. The lowest BCUT2D eigenvalue weighted by molar-refractivity contribution is 0.462. The predicted molar refractivity (Wildman–Crippen MR) is 57.7 cm³/mol. The van der Waals surface area contributed by atoms with Crippen LogP contribution in [0.15, 0.2) is 36.5 Å². The summed E-state index contributed by atoms with van der Waals surface area (Å²) in [5, 5.41) is 8.63. The maximum Gasteiger partial charge on any atom is 0.224 e. The molecule has 2 aromatic rings. The Morgan fingerprint density at radius 3 is 2.56 bits per heavy atom. The van der Waals surface area contributed by atoms with Gasteiger partial charge in [0.05, 0.1) is 11.6 Å². The first-order valence-corrected chi connectivity index (χ1v) is 4.54. The molecule has 16 heavy (non-hydrogen) atoms. The van der Waals surface area contributed by atoms with Crippen LogP contribution in [0.25, 0.3) is 0 Å². The van der Waals surface area contributed by atoms with Gasteiger partial charge >= 0.3 is 0 Å². The maximum absolute atomic E-state index is 8.63. The molecule has 0 unspecified atom stereocenters. The molecule has 0 atom stereocenters. The van der Waals surface area contributed by atoms with E-state index in [2.05, 4.69) is 9.97 Å². The number of ether oxygens (including phenoxy) is 1. The first-order chi connectivity index (χ1) is 7.78. The second-order valence-corrected chi connectivity index (χ2v) is 2.99. The summed E-state index contributed by atoms with van der Waals surface area (Å²) >= 11 is 0. The summed E-state index contributed by atoms with van der Waals surface area (Å²) in [4.78, 5) is 7.64. The van der Waals surface area contributed by atoms with E-state index in [0.29, 0.717) is 17.2 Å². The summed E-state index contributed by atoms with van der Waals surface area (Å²) < 4.78 is 5.42. The van der Waals surface area contributed by atoms with Gasteiger partial charge in [0.1, 0.15) is 5.75 Å². The van der Waals surface area contributed by atoms with Gasteiger partial charge in [-0.05, 0) is 24.3 Å². The monoisotopic (exact) mass is 212 g/mol. The molecule has 0 radical (unpaired) electrons. The van der Waals surface area contributed by atoms with E-state index in [-0.39, 0.29) is 5.95 Å². The van der Waals surface area contributed by atoms with Crippen molar-refractivity contribution in [3.05, 3.63) is 42.1 Å². The topological polar surface area (TPSA) is 84.8 Å². The van der Waals surface area contributed by atoms with Crippen LogP contribution in [-0.2, 0) is 0 Å². The highest BCUT2D eigenvalue weighted by Crippen LogP contribution is 2.19. The third-order valence-electron chi connectivity index (χ3n) is 1.85. The molecule has 1 heterocycles. The second kappa shape index (κ2) is 4.28. The molecule has 0 aliphatic heterocycles. The first-order valence-electron chi connectivity index (χ1n) is 4.54. The molecule has 0 bridgehead atoms. The Morgan fingerprint density at radius 1 is 1.19 bits per heavy atom. The molecule has 0 saturated heterocycles. The summed E-state index contributed by atoms with van der Waals surface area (Å²) in [5.41, 5.74) is 5.99. The second-order valence-electron chi connectivity index (χ2n) is 2.99. The van der Waals surface area contributed by atoms with E-state index in [0.717, 1.165) is 0 Å². The summed E-state index contributed by atoms with van der Waals surface area (Å²) in [7, 11) is 0. The van der Waals surface area contributed by atoms with Crippen molar-refractivity contribution in [1.82, 2.24) is 9.97 Å². The van der Waals surface area contributed by atoms with Gasteiger partial charge < -0.3 is 10.5 Å². The van der Waals surface area contributed by atoms with E-state index in [1.54, 1.807) is 30.3 Å². The molecule has 0 spiro atoms. The van der Waals surface area contributed by atoms with Gasteiger partial charge in [-0.1, -0.05) is 0 Å². The van der Waals surface area contributed by atoms with Crippen molar-refractivity contribution in [2.45, 2.75) is 0 Å². The lowest BCUT2D eigenvalue weighted by atomic mass is 10.2. The van der Waals surface area contributed by atoms with Gasteiger partial charge in [-0.15, -0.1) is 0 Å². The van der Waals surface area contributed by atoms with E-state index >= 15 is 0 Å². The van der Waals surface area contributed by atoms with Gasteiger partial charge in [-0.2, -0.15) is 10.2 Å². The zero-order valence-electron chi connectivity index (χ0n) is 8.29. The Bertz CT molecular complexity index is 530. The number of nitrogens with two attached hydrogens (primary N) is 1. The Kier molecular flexibility index (Phi) is 2.65. The fourth-order valence-electron chi connectivity index (χ4n) is 1.13. The molecule has 0 fully saturated rings. The Balaban J connectivity index is 2.18. The molecule has 0 aliphatic carbocycles. The minimum Gasteiger partial charge on any atom is -0.439 e. The molecule has 1 aromatic carbocycles. The minimum absolute atomic E-state index is 0.158. The normalized spacial score (nSPS) is 9.44. The molecular formula is C11H8N4O. The summed E-state index contributed by atoms with van der Waals surface area (Å²) in [6.45, 7) is 0. The quantitative estimate of drug-likeness (QED) is 0.819. The van der Waals surface area contributed by atoms with Crippen LogP contribution in [0.5, 0.6) is 11.6 Å². The molecule has 1 aromatic heterocycles. The number of nitrogen functional groups attached to an aromatic ring is 1. The largest absolute Gasteiger partial charge is 0.439 e. The average molecular weight is 212 g/mol. The van der Waals surface area contributed by atoms with Crippen molar-refractivity contribution < 1.29 is 4.74 Å². The highest BCUT2D eigenvalue weighted by Gasteiger charge is 1.99. The van der Waals surface area contributed by atoms with Crippen LogP contribution in [0.3, 0.4) is 0 Å². The Morgan fingerprint density at radius 2 is 1.94 bits per heavy atom. The predicted octanol–water partition coefficient (Wildman–Crippen LogP) is 1.72. The SMILES string of the molecule is N#Cc1ccc(Oc2ccnc(N)n2)cc1. The van der Waals surface area contributed by atoms with Crippen LogP contribution in [-0.4, -0.2) is 9.97 Å². The zero-order valence-corrected chi connectivity index (χ0v) is 8.29. The molecular weight excluding hydrogens is 204 g/mol. The van der Waals surface area contributed by atoms with Gasteiger partial charge in [0.15, 0.2) is 0 Å². The van der Waals surface area contributed by atoms with Gasteiger partial charge in [-0.25, -0.2) is 4.98 Å². The van der Waals surface area contributed by atoms with Gasteiger partial charge in [0.2, 0.25) is 11.8 Å². The van der Waals surface area contributed by atoms with Crippen molar-refractivity contribution in [3.8, 4) is 17.7 Å². The standard InChI is InChI=1S/C11H8N4O/c12-7-8-1-3-9(4-2-8)16-10-5-6-14-11(13)15-10/h1-6H,(H2,13,14,15). The fourth-order valence-corrected chi connectivity index (χ4v) is 1.13. The van der Waals surface area contributed by atoms with E-state index in [9.17, 15) is 0 Å². The molecule has 0 saturated carbocycles.